The van der Waals surface area contributed by atoms with E-state index in [9.17, 15) is 4.79 Å². The summed E-state index contributed by atoms with van der Waals surface area (Å²) in [6.45, 7) is 25.2. The summed E-state index contributed by atoms with van der Waals surface area (Å²) in [7, 11) is 0. The van der Waals surface area contributed by atoms with Crippen LogP contribution in [-0.2, 0) is 61.0 Å². The predicted molar refractivity (Wildman–Crippen MR) is 199 cm³/mol. The second-order valence-electron chi connectivity index (χ2n) is 12.1. The van der Waals surface area contributed by atoms with Crippen LogP contribution >= 0.6 is 0 Å². The number of ether oxygens (including phenoxy) is 1. The highest BCUT2D eigenvalue weighted by Gasteiger charge is 2.27. The van der Waals surface area contributed by atoms with Gasteiger partial charge in [0.25, 0.3) is 0 Å². The molecule has 0 aromatic carbocycles. The van der Waals surface area contributed by atoms with Gasteiger partial charge in [-0.05, 0) is 99.3 Å². The van der Waals surface area contributed by atoms with Gasteiger partial charge in [0.05, 0.1) is 46.0 Å². The van der Waals surface area contributed by atoms with Crippen LogP contribution in [0.3, 0.4) is 0 Å². The molecule has 3 aromatic heterocycles. The molecule has 5 rings (SSSR count). The highest BCUT2D eigenvalue weighted by Crippen LogP contribution is 2.38. The van der Waals surface area contributed by atoms with Gasteiger partial charge in [0.2, 0.25) is 0 Å². The minimum atomic E-state index is -0.352. The monoisotopic (exact) mass is 632 g/mol. The van der Waals surface area contributed by atoms with Crippen molar-refractivity contribution < 1.29 is 9.53 Å². The Hall–Kier alpha value is -4.19. The van der Waals surface area contributed by atoms with Crippen molar-refractivity contribution in [1.29, 1.82) is 0 Å². The van der Waals surface area contributed by atoms with Crippen LogP contribution in [0.2, 0.25) is 0 Å². The molecule has 1 N–H and O–H groups in total. The maximum atomic E-state index is 13.5. The summed E-state index contributed by atoms with van der Waals surface area (Å²) < 4.78 is 8.17. The lowest BCUT2D eigenvalue weighted by atomic mass is 9.98. The van der Waals surface area contributed by atoms with Crippen molar-refractivity contribution in [2.24, 2.45) is 0 Å². The lowest BCUT2D eigenvalue weighted by molar-refractivity contribution is -0.136. The molecule has 6 nitrogen and oxygen atoms in total. The summed E-state index contributed by atoms with van der Waals surface area (Å²) >= 11 is 0. The number of aryl methyl sites for hydroxylation is 7. The van der Waals surface area contributed by atoms with Crippen LogP contribution in [0.4, 0.5) is 0 Å². The van der Waals surface area contributed by atoms with E-state index in [1.54, 1.807) is 0 Å². The van der Waals surface area contributed by atoms with E-state index in [2.05, 4.69) is 83.7 Å². The van der Waals surface area contributed by atoms with E-state index in [1.807, 2.05) is 19.1 Å². The van der Waals surface area contributed by atoms with Crippen LogP contribution in [0.25, 0.3) is 51.9 Å². The Morgan fingerprint density at radius 2 is 1.26 bits per heavy atom. The van der Waals surface area contributed by atoms with Crippen LogP contribution < -0.4 is 0 Å². The number of rotatable bonds is 11. The van der Waals surface area contributed by atoms with Crippen molar-refractivity contribution >= 4 is 57.9 Å². The lowest BCUT2D eigenvalue weighted by Crippen LogP contribution is -2.07. The summed E-state index contributed by atoms with van der Waals surface area (Å²) in [5.41, 5.74) is 18.4. The number of hydrogen-bond donors (Lipinski definition) is 1. The van der Waals surface area contributed by atoms with E-state index < -0.39 is 0 Å². The number of aromatic nitrogens is 4. The molecule has 248 valence electrons. The van der Waals surface area contributed by atoms with Crippen LogP contribution in [0.1, 0.15) is 130 Å². The summed E-state index contributed by atoms with van der Waals surface area (Å²) in [5.74, 6) is -0.352. The number of hydrogen-bond acceptors (Lipinski definition) is 4. The summed E-state index contributed by atoms with van der Waals surface area (Å²) in [6, 6.07) is 0. The molecular formula is C41H52N4O2. The Balaban J connectivity index is 2.22. The lowest BCUT2D eigenvalue weighted by Gasteiger charge is -2.11. The second kappa shape index (κ2) is 14.3. The third kappa shape index (κ3) is 5.50. The Morgan fingerprint density at radius 3 is 1.77 bits per heavy atom. The van der Waals surface area contributed by atoms with Crippen molar-refractivity contribution in [2.45, 2.75) is 114 Å². The Kier molecular flexibility index (Phi) is 10.4. The molecule has 0 aliphatic carbocycles. The van der Waals surface area contributed by atoms with Gasteiger partial charge < -0.3 is 14.3 Å². The fraction of sp³-hybridized carbons (Fsp3) is 0.439. The number of carbonyl (C=O) groups is 1. The maximum absolute atomic E-state index is 13.5. The van der Waals surface area contributed by atoms with Gasteiger partial charge >= 0.3 is 5.97 Å². The van der Waals surface area contributed by atoms with Crippen LogP contribution in [0.15, 0.2) is 6.58 Å². The van der Waals surface area contributed by atoms with Gasteiger partial charge in [-0.2, -0.15) is 0 Å². The van der Waals surface area contributed by atoms with Gasteiger partial charge in [0, 0.05) is 39.8 Å². The molecule has 0 radical (unpaired) electrons. The van der Waals surface area contributed by atoms with Crippen molar-refractivity contribution in [3.8, 4) is 0 Å². The van der Waals surface area contributed by atoms with Gasteiger partial charge in [0.1, 0.15) is 0 Å². The summed E-state index contributed by atoms with van der Waals surface area (Å²) in [4.78, 5) is 28.0. The molecule has 2 aliphatic heterocycles. The quantitative estimate of drug-likeness (QED) is 0.167. The fourth-order valence-electron chi connectivity index (χ4n) is 7.89. The Morgan fingerprint density at radius 1 is 0.702 bits per heavy atom. The minimum Gasteiger partial charge on any atom is -0.462 e. The van der Waals surface area contributed by atoms with Gasteiger partial charge in [0.15, 0.2) is 0 Å². The van der Waals surface area contributed by atoms with Gasteiger partial charge in [-0.1, -0.05) is 61.1 Å². The van der Waals surface area contributed by atoms with E-state index in [4.69, 9.17) is 14.7 Å². The molecule has 2 aliphatic rings. The number of carbonyl (C=O) groups excluding carboxylic acids is 1. The molecule has 6 heteroatoms. The minimum absolute atomic E-state index is 0.297. The largest absolute Gasteiger partial charge is 0.462 e. The first-order valence-corrected chi connectivity index (χ1v) is 17.9. The zero-order chi connectivity index (χ0) is 34.0. The van der Waals surface area contributed by atoms with Crippen molar-refractivity contribution in [3.63, 3.8) is 0 Å². The number of fused-ring (bicyclic) bond motifs is 8. The number of esters is 1. The number of nitrogens with one attached hydrogen (secondary N) is 1. The van der Waals surface area contributed by atoms with E-state index >= 15 is 0 Å². The Labute approximate surface area is 280 Å². The van der Waals surface area contributed by atoms with Gasteiger partial charge in [-0.3, -0.25) is 0 Å². The van der Waals surface area contributed by atoms with Crippen LogP contribution in [0, 0.1) is 0 Å². The molecule has 0 amide bonds. The first-order chi connectivity index (χ1) is 22.8. The first kappa shape index (κ1) is 34.2. The predicted octanol–water partition coefficient (Wildman–Crippen LogP) is 9.66. The van der Waals surface area contributed by atoms with Crippen molar-refractivity contribution in [1.82, 2.24) is 19.5 Å². The molecule has 0 saturated heterocycles. The molecular weight excluding hydrogens is 580 g/mol. The van der Waals surface area contributed by atoms with Gasteiger partial charge in [-0.15, -0.1) is 0 Å². The summed E-state index contributed by atoms with van der Waals surface area (Å²) in [6.07, 6.45) is 14.1. The molecule has 0 fully saturated rings. The van der Waals surface area contributed by atoms with E-state index in [0.717, 1.165) is 89.9 Å². The zero-order valence-electron chi connectivity index (χ0n) is 30.0. The smallest absolute Gasteiger partial charge is 0.340 e. The normalized spacial score (nSPS) is 12.5. The standard InChI is InChI=1S/C41H52N4O2/c1-11-24-25(12-2)37-31(18-8)40-27(14-4)26(13-3)39(45(40)19-9)29(16-6)34-22-21-33(42-34)28(15-5)35-23-32(41(46)47-20-10)38(43-35)30(17-7)36(24)44-37/h11,21-23,44H,1,12-20H2,2-10H3. The van der Waals surface area contributed by atoms with Crippen LogP contribution in [-0.4, -0.2) is 32.1 Å². The molecule has 0 atom stereocenters. The third-order valence-corrected chi connectivity index (χ3v) is 9.91. The van der Waals surface area contributed by atoms with Crippen molar-refractivity contribution in [2.75, 3.05) is 6.61 Å². The molecule has 3 aromatic rings. The average Bonchev–Trinajstić information content (AvgIpc) is 3.87. The number of H-pyrrole nitrogens is 1. The van der Waals surface area contributed by atoms with E-state index in [0.29, 0.717) is 24.3 Å². The summed E-state index contributed by atoms with van der Waals surface area (Å²) in [5, 5.41) is 0. The topological polar surface area (TPSA) is 72.8 Å². The fourth-order valence-corrected chi connectivity index (χ4v) is 7.89. The first-order valence-electron chi connectivity index (χ1n) is 17.9. The number of nitrogens with zero attached hydrogens (tertiary/aromatic N) is 3. The van der Waals surface area contributed by atoms with Crippen molar-refractivity contribution in [3.05, 3.63) is 73.9 Å². The molecule has 0 saturated carbocycles. The Bertz CT molecular complexity index is 1970. The molecule has 8 bridgehead atoms. The zero-order valence-corrected chi connectivity index (χ0v) is 30.0. The van der Waals surface area contributed by atoms with Gasteiger partial charge in [-0.25, -0.2) is 14.8 Å². The van der Waals surface area contributed by atoms with E-state index in [1.165, 1.54) is 38.9 Å². The molecule has 0 spiro atoms. The average molecular weight is 633 g/mol. The maximum Gasteiger partial charge on any atom is 0.340 e. The third-order valence-electron chi connectivity index (χ3n) is 9.91. The SMILES string of the molecule is C=Cc1c(CC)c2[nH]c1c(CC)c1nc(c(CC)c3nc(c(CC)c4c(CC)c(CC)c(c2CC)n4CC)C=C3)C=C1C(=O)OCC. The molecule has 47 heavy (non-hydrogen) atoms. The highest BCUT2D eigenvalue weighted by atomic mass is 16.5. The molecule has 5 heterocycles. The van der Waals surface area contributed by atoms with Crippen LogP contribution in [0.5, 0.6) is 0 Å². The molecule has 0 unspecified atom stereocenters. The number of aromatic amines is 1. The highest BCUT2D eigenvalue weighted by molar-refractivity contribution is 6.23. The van der Waals surface area contributed by atoms with E-state index in [-0.39, 0.29) is 5.97 Å². The second-order valence-corrected chi connectivity index (χ2v) is 12.1.